The Morgan fingerprint density at radius 3 is 2.52 bits per heavy atom. The molecule has 46 heavy (non-hydrogen) atoms. The Morgan fingerprint density at radius 2 is 1.78 bits per heavy atom. The maximum absolute atomic E-state index is 13.9. The molecular weight excluding hydrogens is 670 g/mol. The fourth-order valence-corrected chi connectivity index (χ4v) is 7.65. The number of carbonyl (C=O) groups excluding carboxylic acids is 2. The average Bonchev–Trinajstić information content (AvgIpc) is 3.49. The van der Waals surface area contributed by atoms with Crippen molar-refractivity contribution in [2.24, 2.45) is 0 Å². The average molecular weight is 711 g/mol. The second kappa shape index (κ2) is 14.9. The minimum absolute atomic E-state index is 0.0461. The van der Waals surface area contributed by atoms with Crippen molar-refractivity contribution in [2.45, 2.75) is 81.3 Å². The molecule has 0 spiro atoms. The Labute approximate surface area is 282 Å². The molecule has 3 aliphatic rings. The van der Waals surface area contributed by atoms with E-state index in [0.29, 0.717) is 44.1 Å². The van der Waals surface area contributed by atoms with Gasteiger partial charge in [0.05, 0.1) is 17.2 Å². The molecule has 1 saturated heterocycles. The number of carbonyl (C=O) groups is 2. The Balaban J connectivity index is 1.31. The van der Waals surface area contributed by atoms with Crippen molar-refractivity contribution in [3.8, 4) is 11.5 Å². The quantitative estimate of drug-likeness (QED) is 0.178. The molecule has 3 heterocycles. The number of aromatic nitrogens is 3. The number of likely N-dealkylation sites (tertiary alicyclic amines) is 1. The zero-order chi connectivity index (χ0) is 32.0. The van der Waals surface area contributed by atoms with Gasteiger partial charge in [0.15, 0.2) is 18.1 Å². The number of rotatable bonds is 10. The van der Waals surface area contributed by atoms with Gasteiger partial charge < -0.3 is 24.4 Å². The van der Waals surface area contributed by atoms with Crippen LogP contribution in [0, 0.1) is 0 Å². The van der Waals surface area contributed by atoms with E-state index in [1.54, 1.807) is 11.8 Å². The number of methoxy groups -OCH3 is 1. The Hall–Kier alpha value is -3.51. The summed E-state index contributed by atoms with van der Waals surface area (Å²) in [5.74, 6) is 1.69. The van der Waals surface area contributed by atoms with Gasteiger partial charge in [-0.25, -0.2) is 9.48 Å². The summed E-state index contributed by atoms with van der Waals surface area (Å²) in [6, 6.07) is 13.3. The van der Waals surface area contributed by atoms with Gasteiger partial charge in [0.2, 0.25) is 11.1 Å². The van der Waals surface area contributed by atoms with E-state index in [0.717, 1.165) is 70.0 Å². The summed E-state index contributed by atoms with van der Waals surface area (Å²) in [5, 5.41) is 8.78. The molecule has 1 N–H and O–H groups in total. The Bertz CT molecular complexity index is 1580. The number of nitrogens with zero attached hydrogens (tertiary/aromatic N) is 4. The minimum atomic E-state index is -0.639. The van der Waals surface area contributed by atoms with Crippen molar-refractivity contribution in [3.05, 3.63) is 69.3 Å². The van der Waals surface area contributed by atoms with Crippen LogP contribution in [0.5, 0.6) is 11.5 Å². The lowest BCUT2D eigenvalue weighted by Crippen LogP contribution is -2.38. The first-order valence-corrected chi connectivity index (χ1v) is 17.8. The van der Waals surface area contributed by atoms with Crippen LogP contribution >= 0.6 is 27.7 Å². The van der Waals surface area contributed by atoms with Gasteiger partial charge in [-0.15, -0.1) is 5.10 Å². The number of hydrogen-bond donors (Lipinski definition) is 1. The molecule has 1 saturated carbocycles. The van der Waals surface area contributed by atoms with Crippen LogP contribution < -0.4 is 14.8 Å². The molecule has 0 radical (unpaired) electrons. The molecule has 1 atom stereocenters. The predicted molar refractivity (Wildman–Crippen MR) is 180 cm³/mol. The first-order valence-electron chi connectivity index (χ1n) is 16.0. The summed E-state index contributed by atoms with van der Waals surface area (Å²) in [6.45, 7) is 3.29. The highest BCUT2D eigenvalue weighted by Gasteiger charge is 2.37. The molecule has 1 aliphatic carbocycles. The van der Waals surface area contributed by atoms with Crippen molar-refractivity contribution >= 4 is 45.5 Å². The van der Waals surface area contributed by atoms with E-state index < -0.39 is 6.04 Å². The summed E-state index contributed by atoms with van der Waals surface area (Å²) >= 11 is 5.20. The maximum atomic E-state index is 13.9. The number of benzene rings is 2. The third kappa shape index (κ3) is 7.38. The van der Waals surface area contributed by atoms with Gasteiger partial charge in [-0.1, -0.05) is 48.5 Å². The summed E-state index contributed by atoms with van der Waals surface area (Å²) < 4.78 is 20.3. The first-order chi connectivity index (χ1) is 22.4. The lowest BCUT2D eigenvalue weighted by molar-refractivity contribution is -0.146. The molecule has 2 aliphatic heterocycles. The maximum Gasteiger partial charge on any atom is 0.338 e. The number of esters is 1. The van der Waals surface area contributed by atoms with Crippen LogP contribution in [0.1, 0.15) is 75.5 Å². The highest BCUT2D eigenvalue weighted by atomic mass is 79.9. The van der Waals surface area contributed by atoms with Crippen LogP contribution in [0.4, 0.5) is 5.95 Å². The van der Waals surface area contributed by atoms with Crippen LogP contribution in [-0.4, -0.2) is 64.5 Å². The number of halogens is 1. The Morgan fingerprint density at radius 1 is 1.04 bits per heavy atom. The number of nitrogens with one attached hydrogen (secondary N) is 1. The summed E-state index contributed by atoms with van der Waals surface area (Å²) in [5.41, 5.74) is 3.03. The summed E-state index contributed by atoms with van der Waals surface area (Å²) in [7, 11) is 1.56. The monoisotopic (exact) mass is 709 g/mol. The Kier molecular flexibility index (Phi) is 10.5. The van der Waals surface area contributed by atoms with E-state index in [4.69, 9.17) is 24.3 Å². The van der Waals surface area contributed by atoms with E-state index in [1.807, 2.05) is 42.2 Å². The van der Waals surface area contributed by atoms with Gasteiger partial charge in [0.25, 0.3) is 5.91 Å². The fourth-order valence-electron chi connectivity index (χ4n) is 6.29. The smallest absolute Gasteiger partial charge is 0.338 e. The van der Waals surface area contributed by atoms with Crippen LogP contribution in [0.25, 0.3) is 0 Å². The zero-order valence-electron chi connectivity index (χ0n) is 26.3. The lowest BCUT2D eigenvalue weighted by atomic mass is 9.94. The third-order valence-corrected chi connectivity index (χ3v) is 10.2. The van der Waals surface area contributed by atoms with Crippen LogP contribution in [0.2, 0.25) is 0 Å². The number of allylic oxidation sites excluding steroid dienone is 1. The summed E-state index contributed by atoms with van der Waals surface area (Å²) in [6.07, 6.45) is 8.07. The number of hydrogen-bond acceptors (Lipinski definition) is 9. The van der Waals surface area contributed by atoms with E-state index in [1.165, 1.54) is 17.3 Å². The van der Waals surface area contributed by atoms with E-state index in [2.05, 4.69) is 33.4 Å². The molecular formula is C34H40BrN5O5S. The SMILES string of the molecule is COc1cc(C2C(C(=O)OC3CCCCC3)=C(C)Nc3nc(SCc4ccccc4)nn32)cc(Br)c1OCC(=O)N1CCCCC1. The number of ether oxygens (including phenoxy) is 3. The number of anilines is 1. The molecule has 12 heteroatoms. The molecule has 1 unspecified atom stereocenters. The molecule has 1 aromatic heterocycles. The van der Waals surface area contributed by atoms with Crippen molar-refractivity contribution < 1.29 is 23.8 Å². The molecule has 0 bridgehead atoms. The standard InChI is InChI=1S/C34H40BrN5O5S/c1-22-29(32(42)45-25-14-8-4-9-15-25)30(40-33(36-22)37-34(38-40)46-21-23-12-6-3-7-13-23)24-18-26(35)31(27(19-24)43-2)44-20-28(41)39-16-10-5-11-17-39/h3,6-7,12-13,18-19,25,30H,4-5,8-11,14-17,20-21H2,1-2H3,(H,36,37,38). The van der Waals surface area contributed by atoms with E-state index in [9.17, 15) is 9.59 Å². The number of thioether (sulfide) groups is 1. The molecule has 2 aromatic carbocycles. The van der Waals surface area contributed by atoms with Crippen LogP contribution in [0.15, 0.2) is 63.4 Å². The van der Waals surface area contributed by atoms with Gasteiger partial charge in [0.1, 0.15) is 12.1 Å². The molecule has 1 amide bonds. The predicted octanol–water partition coefficient (Wildman–Crippen LogP) is 6.90. The third-order valence-electron chi connectivity index (χ3n) is 8.71. The highest BCUT2D eigenvalue weighted by molar-refractivity contribution is 9.10. The minimum Gasteiger partial charge on any atom is -0.493 e. The molecule has 10 nitrogen and oxygen atoms in total. The highest BCUT2D eigenvalue weighted by Crippen LogP contribution is 2.43. The molecule has 244 valence electrons. The van der Waals surface area contributed by atoms with Gasteiger partial charge >= 0.3 is 5.97 Å². The van der Waals surface area contributed by atoms with Crippen molar-refractivity contribution in [2.75, 3.05) is 32.1 Å². The van der Waals surface area contributed by atoms with Gasteiger partial charge in [0, 0.05) is 24.5 Å². The van der Waals surface area contributed by atoms with Gasteiger partial charge in [-0.05, 0) is 91.1 Å². The fraction of sp³-hybridized carbons (Fsp3) is 0.471. The number of piperidine rings is 1. The topological polar surface area (TPSA) is 108 Å². The number of fused-ring (bicyclic) bond motifs is 1. The van der Waals surface area contributed by atoms with Gasteiger partial charge in [-0.2, -0.15) is 4.98 Å². The van der Waals surface area contributed by atoms with Crippen LogP contribution in [0.3, 0.4) is 0 Å². The van der Waals surface area contributed by atoms with Crippen molar-refractivity contribution in [1.29, 1.82) is 0 Å². The number of amides is 1. The normalized spacial score (nSPS) is 18.5. The lowest BCUT2D eigenvalue weighted by Gasteiger charge is -2.30. The second-order valence-electron chi connectivity index (χ2n) is 11.9. The van der Waals surface area contributed by atoms with Crippen LogP contribution in [-0.2, 0) is 20.1 Å². The zero-order valence-corrected chi connectivity index (χ0v) is 28.7. The molecule has 3 aromatic rings. The second-order valence-corrected chi connectivity index (χ2v) is 13.7. The molecule has 2 fully saturated rings. The molecule has 6 rings (SSSR count). The van der Waals surface area contributed by atoms with Crippen molar-refractivity contribution in [3.63, 3.8) is 0 Å². The van der Waals surface area contributed by atoms with E-state index in [-0.39, 0.29) is 24.6 Å². The summed E-state index contributed by atoms with van der Waals surface area (Å²) in [4.78, 5) is 33.4. The van der Waals surface area contributed by atoms with E-state index >= 15 is 0 Å². The first kappa shape index (κ1) is 32.4. The van der Waals surface area contributed by atoms with Gasteiger partial charge in [-0.3, -0.25) is 4.79 Å². The van der Waals surface area contributed by atoms with Crippen molar-refractivity contribution in [1.82, 2.24) is 19.7 Å². The largest absolute Gasteiger partial charge is 0.493 e.